The van der Waals surface area contributed by atoms with Gasteiger partial charge in [-0.25, -0.2) is 4.79 Å². The quantitative estimate of drug-likeness (QED) is 0.615. The Hall–Kier alpha value is -1.77. The highest BCUT2D eigenvalue weighted by Crippen LogP contribution is 2.31. The molecular weight excluding hydrogens is 287 g/mol. The molecule has 0 aromatic heterocycles. The Labute approximate surface area is 107 Å². The molecule has 0 bridgehead atoms. The van der Waals surface area contributed by atoms with Crippen LogP contribution in [0, 0.1) is 0 Å². The van der Waals surface area contributed by atoms with Crippen molar-refractivity contribution in [1.82, 2.24) is 0 Å². The fourth-order valence-electron chi connectivity index (χ4n) is 1.11. The maximum atomic E-state index is 13.6. The second kappa shape index (κ2) is 5.47. The number of rotatable bonds is 5. The summed E-state index contributed by atoms with van der Waals surface area (Å²) >= 11 is 0. The van der Waals surface area contributed by atoms with Gasteiger partial charge in [0.15, 0.2) is 0 Å². The van der Waals surface area contributed by atoms with Crippen molar-refractivity contribution in [2.75, 3.05) is 11.1 Å². The van der Waals surface area contributed by atoms with Crippen LogP contribution in [-0.2, 0) is 19.6 Å². The Bertz CT molecular complexity index is 547. The second-order valence-electron chi connectivity index (χ2n) is 3.29. The van der Waals surface area contributed by atoms with Crippen molar-refractivity contribution in [2.45, 2.75) is 12.2 Å². The number of alkyl halides is 2. The average Bonchev–Trinajstić information content (AvgIpc) is 2.38. The number of benzene rings is 1. The van der Waals surface area contributed by atoms with Crippen LogP contribution in [0.4, 0.5) is 18.9 Å². The lowest BCUT2D eigenvalue weighted by atomic mass is 10.3. The normalized spacial score (nSPS) is 12.0. The molecule has 0 amide bonds. The molecule has 1 aromatic rings. The van der Waals surface area contributed by atoms with E-state index < -0.39 is 38.1 Å². The summed E-state index contributed by atoms with van der Waals surface area (Å²) in [5.74, 6) is -2.33. The summed E-state index contributed by atoms with van der Waals surface area (Å²) in [4.78, 5) is 10.9. The summed E-state index contributed by atoms with van der Waals surface area (Å²) in [5.41, 5.74) is -0.647. The monoisotopic (exact) mass is 297 g/mol. The van der Waals surface area contributed by atoms with Crippen LogP contribution < -0.4 is 4.53 Å². The Morgan fingerprint density at radius 3 is 2.32 bits per heavy atom. The van der Waals surface area contributed by atoms with Gasteiger partial charge in [0.2, 0.25) is 0 Å². The third-order valence-corrected chi connectivity index (χ3v) is 3.45. The summed E-state index contributed by atoms with van der Waals surface area (Å²) in [6.07, 6.45) is 0. The predicted octanol–water partition coefficient (Wildman–Crippen LogP) is 1.86. The number of anilines is 1. The number of para-hydroxylation sites is 1. The molecule has 5 nitrogen and oxygen atoms in total. The van der Waals surface area contributed by atoms with Gasteiger partial charge < -0.3 is 4.74 Å². The molecule has 0 atom stereocenters. The number of sulfonamides is 1. The fourth-order valence-corrected chi connectivity index (χ4v) is 1.98. The molecule has 0 saturated heterocycles. The summed E-state index contributed by atoms with van der Waals surface area (Å²) in [6, 6.07) is 5.85. The van der Waals surface area contributed by atoms with E-state index >= 15 is 0 Å². The van der Waals surface area contributed by atoms with Crippen molar-refractivity contribution < 1.29 is 31.2 Å². The first-order valence-corrected chi connectivity index (χ1v) is 6.50. The zero-order valence-electron chi connectivity index (χ0n) is 9.72. The standard InChI is InChI=1S/C10H10F3NO4S/c1-2-18-9(15)10(11,12)19(16,17)14(13)8-6-4-3-5-7-8/h3-7H,2H2,1H3. The van der Waals surface area contributed by atoms with Crippen LogP contribution in [-0.4, -0.2) is 26.2 Å². The van der Waals surface area contributed by atoms with E-state index in [1.54, 1.807) is 0 Å². The lowest BCUT2D eigenvalue weighted by Crippen LogP contribution is -2.45. The van der Waals surface area contributed by atoms with Gasteiger partial charge in [0, 0.05) is 0 Å². The number of ether oxygens (including phenoxy) is 1. The number of carbonyl (C=O) groups is 1. The minimum absolute atomic E-state index is 0.457. The van der Waals surface area contributed by atoms with Gasteiger partial charge in [0.25, 0.3) is 0 Å². The molecule has 9 heteroatoms. The van der Waals surface area contributed by atoms with E-state index in [4.69, 9.17) is 0 Å². The third kappa shape index (κ3) is 2.80. The van der Waals surface area contributed by atoms with Gasteiger partial charge in [0.05, 0.1) is 12.3 Å². The van der Waals surface area contributed by atoms with Crippen LogP contribution in [0.1, 0.15) is 6.92 Å². The van der Waals surface area contributed by atoms with E-state index in [0.29, 0.717) is 0 Å². The molecule has 0 heterocycles. The second-order valence-corrected chi connectivity index (χ2v) is 5.08. The van der Waals surface area contributed by atoms with Crippen molar-refractivity contribution in [3.05, 3.63) is 30.3 Å². The fraction of sp³-hybridized carbons (Fsp3) is 0.300. The zero-order valence-corrected chi connectivity index (χ0v) is 10.5. The molecule has 0 unspecified atom stereocenters. The molecule has 0 radical (unpaired) electrons. The van der Waals surface area contributed by atoms with E-state index in [1.165, 1.54) is 25.1 Å². The highest BCUT2D eigenvalue weighted by Gasteiger charge is 2.58. The zero-order chi connectivity index (χ0) is 14.7. The molecule has 106 valence electrons. The third-order valence-electron chi connectivity index (χ3n) is 2.01. The Kier molecular flexibility index (Phi) is 4.40. The Morgan fingerprint density at radius 2 is 1.84 bits per heavy atom. The number of halogens is 3. The first-order chi connectivity index (χ1) is 8.75. The van der Waals surface area contributed by atoms with Crippen molar-refractivity contribution >= 4 is 21.7 Å². The summed E-state index contributed by atoms with van der Waals surface area (Å²) in [7, 11) is -5.85. The van der Waals surface area contributed by atoms with Crippen LogP contribution in [0.25, 0.3) is 0 Å². The van der Waals surface area contributed by atoms with E-state index in [-0.39, 0.29) is 0 Å². The topological polar surface area (TPSA) is 63.7 Å². The molecular formula is C10H10F3NO4S. The van der Waals surface area contributed by atoms with E-state index in [2.05, 4.69) is 4.74 Å². The molecule has 19 heavy (non-hydrogen) atoms. The Balaban J connectivity index is 3.14. The van der Waals surface area contributed by atoms with Gasteiger partial charge in [-0.3, -0.25) is 0 Å². The molecule has 0 fully saturated rings. The number of nitrogens with zero attached hydrogens (tertiary/aromatic N) is 1. The lowest BCUT2D eigenvalue weighted by molar-refractivity contribution is -0.160. The van der Waals surface area contributed by atoms with E-state index in [9.17, 15) is 26.5 Å². The SMILES string of the molecule is CCOC(=O)C(F)(F)S(=O)(=O)N(F)c1ccccc1. The first-order valence-electron chi connectivity index (χ1n) is 5.06. The van der Waals surface area contributed by atoms with Crippen molar-refractivity contribution in [1.29, 1.82) is 0 Å². The van der Waals surface area contributed by atoms with E-state index in [0.717, 1.165) is 12.1 Å². The van der Waals surface area contributed by atoms with Crippen molar-refractivity contribution in [3.8, 4) is 0 Å². The predicted molar refractivity (Wildman–Crippen MR) is 60.5 cm³/mol. The van der Waals surface area contributed by atoms with Gasteiger partial charge in [-0.05, 0) is 19.1 Å². The minimum Gasteiger partial charge on any atom is -0.461 e. The van der Waals surface area contributed by atoms with Gasteiger partial charge in [0.1, 0.15) is 0 Å². The largest absolute Gasteiger partial charge is 0.462 e. The summed E-state index contributed by atoms with van der Waals surface area (Å²) < 4.78 is 65.8. The van der Waals surface area contributed by atoms with Crippen LogP contribution >= 0.6 is 0 Å². The average molecular weight is 297 g/mol. The molecule has 0 aliphatic heterocycles. The highest BCUT2D eigenvalue weighted by atomic mass is 32.2. The van der Waals surface area contributed by atoms with Crippen molar-refractivity contribution in [3.63, 3.8) is 0 Å². The molecule has 0 saturated carbocycles. The molecule has 0 spiro atoms. The minimum atomic E-state index is -5.85. The number of carbonyl (C=O) groups excluding carboxylic acids is 1. The van der Waals surface area contributed by atoms with Crippen LogP contribution in [0.5, 0.6) is 0 Å². The number of hydrogen-bond donors (Lipinski definition) is 0. The van der Waals surface area contributed by atoms with Crippen LogP contribution in [0.3, 0.4) is 0 Å². The van der Waals surface area contributed by atoms with Gasteiger partial charge >= 0.3 is 21.2 Å². The molecule has 0 aliphatic carbocycles. The molecule has 1 aromatic carbocycles. The number of hydrogen-bond acceptors (Lipinski definition) is 4. The van der Waals surface area contributed by atoms with E-state index in [1.807, 2.05) is 0 Å². The van der Waals surface area contributed by atoms with Crippen LogP contribution in [0.15, 0.2) is 30.3 Å². The van der Waals surface area contributed by atoms with Crippen LogP contribution in [0.2, 0.25) is 0 Å². The first kappa shape index (κ1) is 15.3. The molecule has 0 N–H and O–H groups in total. The maximum absolute atomic E-state index is 13.6. The van der Waals surface area contributed by atoms with Gasteiger partial charge in [-0.1, -0.05) is 27.2 Å². The van der Waals surface area contributed by atoms with Crippen molar-refractivity contribution in [2.24, 2.45) is 0 Å². The Morgan fingerprint density at radius 1 is 1.32 bits per heavy atom. The molecule has 1 rings (SSSR count). The highest BCUT2D eigenvalue weighted by molar-refractivity contribution is 7.94. The van der Waals surface area contributed by atoms with Gasteiger partial charge in [-0.2, -0.15) is 17.2 Å². The maximum Gasteiger partial charge on any atom is 0.462 e. The summed E-state index contributed by atoms with van der Waals surface area (Å²) in [5, 5.41) is -5.01. The lowest BCUT2D eigenvalue weighted by Gasteiger charge is -2.20. The molecule has 0 aliphatic rings. The number of esters is 1. The van der Waals surface area contributed by atoms with Gasteiger partial charge in [-0.15, -0.1) is 0 Å². The smallest absolute Gasteiger partial charge is 0.461 e. The summed E-state index contributed by atoms with van der Waals surface area (Å²) in [6.45, 7) is 0.757.